The molecule has 24 heavy (non-hydrogen) atoms. The summed E-state index contributed by atoms with van der Waals surface area (Å²) in [5, 5.41) is 4.09. The molecule has 124 valence electrons. The predicted octanol–water partition coefficient (Wildman–Crippen LogP) is 3.75. The summed E-state index contributed by atoms with van der Waals surface area (Å²) in [4.78, 5) is 18.0. The van der Waals surface area contributed by atoms with Crippen molar-refractivity contribution in [2.24, 2.45) is 0 Å². The molecule has 1 heterocycles. The Kier molecular flexibility index (Phi) is 4.76. The number of benzene rings is 2. The number of hydrogen-bond acceptors (Lipinski definition) is 3. The van der Waals surface area contributed by atoms with Crippen molar-refractivity contribution in [1.29, 1.82) is 0 Å². The van der Waals surface area contributed by atoms with Gasteiger partial charge in [-0.15, -0.1) is 0 Å². The summed E-state index contributed by atoms with van der Waals surface area (Å²) in [5.74, 6) is 0.770. The lowest BCUT2D eigenvalue weighted by Gasteiger charge is -2.21. The maximum absolute atomic E-state index is 13.2. The first-order valence-electron chi connectivity index (χ1n) is 8.47. The Morgan fingerprint density at radius 2 is 1.79 bits per heavy atom. The monoisotopic (exact) mass is 321 g/mol. The fraction of sp³-hybridized carbons (Fsp3) is 0.300. The van der Waals surface area contributed by atoms with E-state index in [0.717, 1.165) is 30.0 Å². The molecular formula is C20H23N3O. The topological polar surface area (TPSA) is 46.9 Å². The van der Waals surface area contributed by atoms with Crippen molar-refractivity contribution in [1.82, 2.24) is 14.9 Å². The highest BCUT2D eigenvalue weighted by Gasteiger charge is 2.19. The first kappa shape index (κ1) is 16.4. The third-order valence-corrected chi connectivity index (χ3v) is 4.26. The van der Waals surface area contributed by atoms with Crippen LogP contribution in [0.2, 0.25) is 0 Å². The van der Waals surface area contributed by atoms with Gasteiger partial charge in [0.2, 0.25) is 0 Å². The molecule has 0 unspecified atom stereocenters. The number of para-hydroxylation sites is 1. The number of rotatable bonds is 5. The van der Waals surface area contributed by atoms with Gasteiger partial charge in [0.15, 0.2) is 0 Å². The van der Waals surface area contributed by atoms with Crippen LogP contribution in [0.5, 0.6) is 0 Å². The van der Waals surface area contributed by atoms with Gasteiger partial charge in [-0.25, -0.2) is 4.98 Å². The average Bonchev–Trinajstić information content (AvgIpc) is 2.61. The Bertz CT molecular complexity index is 897. The van der Waals surface area contributed by atoms with Crippen LogP contribution in [0, 0.1) is 6.92 Å². The van der Waals surface area contributed by atoms with E-state index in [9.17, 15) is 4.79 Å². The molecule has 1 N–H and O–H groups in total. The fourth-order valence-electron chi connectivity index (χ4n) is 2.99. The van der Waals surface area contributed by atoms with Crippen LogP contribution >= 0.6 is 0 Å². The van der Waals surface area contributed by atoms with Gasteiger partial charge < -0.3 is 5.32 Å². The molecule has 0 aliphatic heterocycles. The number of nitrogens with zero attached hydrogens (tertiary/aromatic N) is 2. The fourth-order valence-corrected chi connectivity index (χ4v) is 2.99. The largest absolute Gasteiger partial charge is 0.308 e. The molecule has 0 fully saturated rings. The average molecular weight is 321 g/mol. The Morgan fingerprint density at radius 3 is 2.46 bits per heavy atom. The van der Waals surface area contributed by atoms with E-state index in [2.05, 4.69) is 19.2 Å². The van der Waals surface area contributed by atoms with Crippen molar-refractivity contribution in [2.75, 3.05) is 6.54 Å². The maximum atomic E-state index is 13.2. The summed E-state index contributed by atoms with van der Waals surface area (Å²) < 4.78 is 1.75. The highest BCUT2D eigenvalue weighted by Crippen LogP contribution is 2.20. The molecule has 3 aromatic rings. The molecule has 4 nitrogen and oxygen atoms in total. The second kappa shape index (κ2) is 6.97. The highest BCUT2D eigenvalue weighted by atomic mass is 16.1. The first-order chi connectivity index (χ1) is 11.7. The molecule has 2 aromatic carbocycles. The zero-order valence-corrected chi connectivity index (χ0v) is 14.4. The van der Waals surface area contributed by atoms with Crippen molar-refractivity contribution in [3.05, 3.63) is 70.3 Å². The molecular weight excluding hydrogens is 298 g/mol. The van der Waals surface area contributed by atoms with Gasteiger partial charge in [0.05, 0.1) is 22.6 Å². The van der Waals surface area contributed by atoms with Crippen LogP contribution in [-0.4, -0.2) is 16.1 Å². The summed E-state index contributed by atoms with van der Waals surface area (Å²) in [6.45, 7) is 7.04. The van der Waals surface area contributed by atoms with Crippen LogP contribution in [-0.2, 0) is 0 Å². The standard InChI is InChI=1S/C20H23N3O/c1-4-17(21-5-2)19-22-18-9-7-6-8-16(18)20(24)23(19)15-12-10-14(3)11-13-15/h6-13,17,21H,4-5H2,1-3H3/t17-/m0/s1. The molecule has 1 atom stereocenters. The molecule has 0 aliphatic carbocycles. The van der Waals surface area contributed by atoms with Gasteiger partial charge in [-0.2, -0.15) is 0 Å². The molecule has 1 aromatic heterocycles. The molecule has 0 bridgehead atoms. The van der Waals surface area contributed by atoms with Crippen LogP contribution < -0.4 is 10.9 Å². The van der Waals surface area contributed by atoms with Gasteiger partial charge in [0.25, 0.3) is 5.56 Å². The van der Waals surface area contributed by atoms with Gasteiger partial charge in [0.1, 0.15) is 5.82 Å². The normalized spacial score (nSPS) is 12.5. The molecule has 0 spiro atoms. The van der Waals surface area contributed by atoms with Crippen molar-refractivity contribution >= 4 is 10.9 Å². The molecule has 0 amide bonds. The summed E-state index contributed by atoms with van der Waals surface area (Å²) in [6, 6.07) is 15.6. The van der Waals surface area contributed by atoms with E-state index < -0.39 is 0 Å². The lowest BCUT2D eigenvalue weighted by Crippen LogP contribution is -2.31. The quantitative estimate of drug-likeness (QED) is 0.778. The van der Waals surface area contributed by atoms with E-state index in [-0.39, 0.29) is 11.6 Å². The zero-order chi connectivity index (χ0) is 17.1. The minimum atomic E-state index is -0.0178. The lowest BCUT2D eigenvalue weighted by atomic mass is 10.1. The summed E-state index contributed by atoms with van der Waals surface area (Å²) >= 11 is 0. The number of fused-ring (bicyclic) bond motifs is 1. The first-order valence-corrected chi connectivity index (χ1v) is 8.47. The Labute approximate surface area is 142 Å². The van der Waals surface area contributed by atoms with E-state index in [1.807, 2.05) is 55.5 Å². The maximum Gasteiger partial charge on any atom is 0.266 e. The zero-order valence-electron chi connectivity index (χ0n) is 14.4. The summed E-state index contributed by atoms with van der Waals surface area (Å²) in [7, 11) is 0. The number of hydrogen-bond donors (Lipinski definition) is 1. The van der Waals surface area contributed by atoms with Crippen LogP contribution in [0.3, 0.4) is 0 Å². The SMILES string of the molecule is CCN[C@@H](CC)c1nc2ccccc2c(=O)n1-c1ccc(C)cc1. The third kappa shape index (κ3) is 2.97. The second-order valence-electron chi connectivity index (χ2n) is 5.98. The Morgan fingerprint density at radius 1 is 1.08 bits per heavy atom. The molecule has 3 rings (SSSR count). The van der Waals surface area contributed by atoms with Crippen LogP contribution in [0.1, 0.15) is 37.7 Å². The summed E-state index contributed by atoms with van der Waals surface area (Å²) in [5.41, 5.74) is 2.75. The minimum absolute atomic E-state index is 0.0178. The summed E-state index contributed by atoms with van der Waals surface area (Å²) in [6.07, 6.45) is 0.866. The van der Waals surface area contributed by atoms with Crippen LogP contribution in [0.4, 0.5) is 0 Å². The lowest BCUT2D eigenvalue weighted by molar-refractivity contribution is 0.498. The molecule has 0 saturated heterocycles. The van der Waals surface area contributed by atoms with Crippen molar-refractivity contribution in [2.45, 2.75) is 33.2 Å². The Hall–Kier alpha value is -2.46. The molecule has 0 aliphatic rings. The Balaban J connectivity index is 2.33. The number of aromatic nitrogens is 2. The van der Waals surface area contributed by atoms with E-state index in [0.29, 0.717) is 5.39 Å². The molecule has 0 radical (unpaired) electrons. The van der Waals surface area contributed by atoms with Crippen LogP contribution in [0.15, 0.2) is 53.3 Å². The second-order valence-corrected chi connectivity index (χ2v) is 5.98. The van der Waals surface area contributed by atoms with E-state index in [1.54, 1.807) is 4.57 Å². The van der Waals surface area contributed by atoms with E-state index in [4.69, 9.17) is 4.98 Å². The van der Waals surface area contributed by atoms with Crippen molar-refractivity contribution in [3.63, 3.8) is 0 Å². The van der Waals surface area contributed by atoms with Gasteiger partial charge in [-0.1, -0.05) is 43.7 Å². The number of aryl methyl sites for hydroxylation is 1. The van der Waals surface area contributed by atoms with Gasteiger partial charge >= 0.3 is 0 Å². The number of nitrogens with one attached hydrogen (secondary N) is 1. The third-order valence-electron chi connectivity index (χ3n) is 4.26. The smallest absolute Gasteiger partial charge is 0.266 e. The van der Waals surface area contributed by atoms with Gasteiger partial charge in [-0.3, -0.25) is 9.36 Å². The highest BCUT2D eigenvalue weighted by molar-refractivity contribution is 5.77. The van der Waals surface area contributed by atoms with Gasteiger partial charge in [0, 0.05) is 0 Å². The van der Waals surface area contributed by atoms with E-state index >= 15 is 0 Å². The van der Waals surface area contributed by atoms with Crippen molar-refractivity contribution < 1.29 is 0 Å². The molecule has 4 heteroatoms. The van der Waals surface area contributed by atoms with Crippen LogP contribution in [0.25, 0.3) is 16.6 Å². The minimum Gasteiger partial charge on any atom is -0.308 e. The molecule has 0 saturated carbocycles. The predicted molar refractivity (Wildman–Crippen MR) is 98.8 cm³/mol. The van der Waals surface area contributed by atoms with E-state index in [1.165, 1.54) is 5.56 Å². The van der Waals surface area contributed by atoms with Gasteiger partial charge in [-0.05, 0) is 44.2 Å². The van der Waals surface area contributed by atoms with Crippen molar-refractivity contribution in [3.8, 4) is 5.69 Å².